The monoisotopic (exact) mass is 250 g/mol. The molecule has 6 heteroatoms. The van der Waals surface area contributed by atoms with Crippen molar-refractivity contribution in [1.29, 1.82) is 10.7 Å². The van der Waals surface area contributed by atoms with Crippen LogP contribution in [0.2, 0.25) is 0 Å². The van der Waals surface area contributed by atoms with E-state index in [-0.39, 0.29) is 74.9 Å². The number of nitrogens with one attached hydrogen (secondary N) is 2. The second-order valence-electron chi connectivity index (χ2n) is 0.709. The summed E-state index contributed by atoms with van der Waals surface area (Å²) in [5.41, 5.74) is 4.78. The second kappa shape index (κ2) is 8.16. The summed E-state index contributed by atoms with van der Waals surface area (Å²) in [5.74, 6) is -0.202. The zero-order valence-electron chi connectivity index (χ0n) is 3.43. The third kappa shape index (κ3) is 10.2. The van der Waals surface area contributed by atoms with Crippen molar-refractivity contribution in [3.05, 3.63) is 0 Å². The Balaban J connectivity index is 0. The summed E-state index contributed by atoms with van der Waals surface area (Å²) in [4.78, 5) is 0. The van der Waals surface area contributed by atoms with Crippen LogP contribution in [0.4, 0.5) is 0 Å². The van der Waals surface area contributed by atoms with Gasteiger partial charge in [0.05, 0.1) is 11.9 Å². The number of thiocyanates is 1. The van der Waals surface area contributed by atoms with Gasteiger partial charge in [-0.05, 0) is 0 Å². The number of nitrogens with two attached hydrogens (primary N) is 1. The van der Waals surface area contributed by atoms with E-state index in [9.17, 15) is 0 Å². The molecule has 0 unspecified atom stereocenters. The first-order valence-corrected chi connectivity index (χ1v) is 2.24. The van der Waals surface area contributed by atoms with E-state index >= 15 is 0 Å². The van der Waals surface area contributed by atoms with Crippen molar-refractivity contribution in [2.45, 2.75) is 0 Å². The van der Waals surface area contributed by atoms with E-state index in [4.69, 9.17) is 16.4 Å². The maximum atomic E-state index is 7.81. The van der Waals surface area contributed by atoms with Crippen molar-refractivity contribution in [2.75, 3.05) is 0 Å². The van der Waals surface area contributed by atoms with Gasteiger partial charge >= 0.3 is 68.9 Å². The summed E-state index contributed by atoms with van der Waals surface area (Å²) in [6.45, 7) is 0. The molecule has 0 fully saturated rings. The fourth-order valence-electron chi connectivity index (χ4n) is 0.0778. The standard InChI is InChI=1S/C2H4N4S.Cs.H/c3-1-7-6-2(4)5;;/h(H4,4,5,6);;. The van der Waals surface area contributed by atoms with Crippen LogP contribution >= 0.6 is 11.9 Å². The predicted octanol–water partition coefficient (Wildman–Crippen LogP) is -1.05. The van der Waals surface area contributed by atoms with Gasteiger partial charge in [-0.3, -0.25) is 10.1 Å². The van der Waals surface area contributed by atoms with Gasteiger partial charge in [-0.2, -0.15) is 5.26 Å². The fraction of sp³-hybridized carbons (Fsp3) is 0. The molecule has 0 saturated heterocycles. The van der Waals surface area contributed by atoms with Crippen LogP contribution in [0, 0.1) is 16.1 Å². The van der Waals surface area contributed by atoms with Crippen LogP contribution in [-0.4, -0.2) is 74.9 Å². The Labute approximate surface area is 111 Å². The van der Waals surface area contributed by atoms with Crippen LogP contribution in [0.3, 0.4) is 0 Å². The van der Waals surface area contributed by atoms with Crippen LogP contribution in [0.15, 0.2) is 0 Å². The Hall–Kier alpha value is 1.16. The van der Waals surface area contributed by atoms with E-state index in [0.29, 0.717) is 0 Å². The number of nitriles is 1. The van der Waals surface area contributed by atoms with Gasteiger partial charge < -0.3 is 5.73 Å². The number of hydrogen-bond acceptors (Lipinski definition) is 3. The molecule has 0 rings (SSSR count). The summed E-state index contributed by atoms with van der Waals surface area (Å²) in [6.07, 6.45) is 0. The van der Waals surface area contributed by atoms with E-state index in [1.807, 2.05) is 0 Å². The average Bonchev–Trinajstić information content (AvgIpc) is 1.61. The Kier molecular flexibility index (Phi) is 12.1. The Bertz CT molecular complexity index is 107. The summed E-state index contributed by atoms with van der Waals surface area (Å²) >= 11 is 0.722. The maximum absolute atomic E-state index is 7.81. The third-order valence-corrected chi connectivity index (χ3v) is 0.620. The molecule has 40 valence electrons. The zero-order chi connectivity index (χ0) is 5.70. The Morgan fingerprint density at radius 2 is 2.38 bits per heavy atom. The third-order valence-electron chi connectivity index (χ3n) is 0.207. The molecule has 4 N–H and O–H groups in total. The topological polar surface area (TPSA) is 85.7 Å². The Morgan fingerprint density at radius 1 is 1.88 bits per heavy atom. The summed E-state index contributed by atoms with van der Waals surface area (Å²) < 4.78 is 2.21. The minimum absolute atomic E-state index is 0. The van der Waals surface area contributed by atoms with Gasteiger partial charge in [-0.1, -0.05) is 0 Å². The van der Waals surface area contributed by atoms with E-state index in [1.54, 1.807) is 5.40 Å². The van der Waals surface area contributed by atoms with Crippen molar-refractivity contribution in [3.63, 3.8) is 0 Å². The van der Waals surface area contributed by atoms with Gasteiger partial charge in [-0.25, -0.2) is 0 Å². The van der Waals surface area contributed by atoms with Crippen molar-refractivity contribution in [2.24, 2.45) is 5.73 Å². The normalized spacial score (nSPS) is 5.88. The molecule has 4 nitrogen and oxygen atoms in total. The van der Waals surface area contributed by atoms with Gasteiger partial charge in [0.25, 0.3) is 0 Å². The van der Waals surface area contributed by atoms with E-state index in [1.165, 1.54) is 0 Å². The van der Waals surface area contributed by atoms with Crippen LogP contribution in [0.1, 0.15) is 0 Å². The van der Waals surface area contributed by atoms with E-state index in [2.05, 4.69) is 4.72 Å². The molecule has 0 atom stereocenters. The molecule has 8 heavy (non-hydrogen) atoms. The van der Waals surface area contributed by atoms with Crippen molar-refractivity contribution < 1.29 is 0 Å². The van der Waals surface area contributed by atoms with Crippen LogP contribution in [0.5, 0.6) is 0 Å². The van der Waals surface area contributed by atoms with E-state index in [0.717, 1.165) is 11.9 Å². The minimum atomic E-state index is -0.202. The zero-order valence-corrected chi connectivity index (χ0v) is 4.25. The molecule has 0 aromatic rings. The van der Waals surface area contributed by atoms with Crippen LogP contribution < -0.4 is 10.5 Å². The van der Waals surface area contributed by atoms with Gasteiger partial charge in [-0.15, -0.1) is 0 Å². The number of hydrogen-bond donors (Lipinski definition) is 3. The van der Waals surface area contributed by atoms with Crippen LogP contribution in [-0.2, 0) is 0 Å². The molecule has 0 bridgehead atoms. The van der Waals surface area contributed by atoms with E-state index < -0.39 is 0 Å². The summed E-state index contributed by atoms with van der Waals surface area (Å²) in [6, 6.07) is 0. The van der Waals surface area contributed by atoms with Gasteiger partial charge in [0.1, 0.15) is 0 Å². The summed E-state index contributed by atoms with van der Waals surface area (Å²) in [7, 11) is 0. The molecule has 0 aliphatic heterocycles. The number of nitrogens with zero attached hydrogens (tertiary/aromatic N) is 1. The predicted molar refractivity (Wildman–Crippen MR) is 35.4 cm³/mol. The average molecular weight is 250 g/mol. The molecule has 0 aliphatic rings. The van der Waals surface area contributed by atoms with Crippen molar-refractivity contribution >= 4 is 86.8 Å². The van der Waals surface area contributed by atoms with Crippen molar-refractivity contribution in [1.82, 2.24) is 4.72 Å². The molecule has 0 aliphatic carbocycles. The molecular formula is C2H5CsN4S. The van der Waals surface area contributed by atoms with Gasteiger partial charge in [0.15, 0.2) is 11.4 Å². The number of rotatable bonds is 1. The Morgan fingerprint density at radius 3 is 2.50 bits per heavy atom. The molecule has 0 aromatic heterocycles. The first kappa shape index (κ1) is 11.9. The quantitative estimate of drug-likeness (QED) is 0.240. The van der Waals surface area contributed by atoms with Crippen molar-refractivity contribution in [3.8, 4) is 5.40 Å². The molecular weight excluding hydrogens is 245 g/mol. The summed E-state index contributed by atoms with van der Waals surface area (Å²) in [5, 5.41) is 16.0. The molecule has 0 saturated carbocycles. The molecule has 0 aromatic carbocycles. The fourth-order valence-corrected chi connectivity index (χ4v) is 0.233. The first-order valence-electron chi connectivity index (χ1n) is 1.42. The molecule has 0 heterocycles. The molecule has 0 radical (unpaired) electrons. The first-order chi connectivity index (χ1) is 3.27. The second-order valence-corrected chi connectivity index (χ2v) is 1.30. The SMILES string of the molecule is N#CSNC(=N)N.[CsH]. The van der Waals surface area contributed by atoms with Gasteiger partial charge in [0, 0.05) is 0 Å². The number of guanidine groups is 1. The molecule has 0 spiro atoms. The van der Waals surface area contributed by atoms with Gasteiger partial charge in [0.2, 0.25) is 0 Å². The molecule has 0 amide bonds. The van der Waals surface area contributed by atoms with Crippen LogP contribution in [0.25, 0.3) is 0 Å².